The van der Waals surface area contributed by atoms with Gasteiger partial charge in [0.2, 0.25) is 0 Å². The minimum absolute atomic E-state index is 0.392. The lowest BCUT2D eigenvalue weighted by Crippen LogP contribution is -2.31. The third-order valence-corrected chi connectivity index (χ3v) is 4.13. The van der Waals surface area contributed by atoms with Crippen LogP contribution < -0.4 is 5.73 Å². The van der Waals surface area contributed by atoms with Crippen molar-refractivity contribution in [1.29, 1.82) is 0 Å². The minimum Gasteiger partial charge on any atom is -0.393 e. The molecule has 1 heterocycles. The fourth-order valence-electron chi connectivity index (χ4n) is 1.29. The van der Waals surface area contributed by atoms with Gasteiger partial charge in [-0.05, 0) is 36.0 Å². The molecule has 0 fully saturated rings. The van der Waals surface area contributed by atoms with Crippen molar-refractivity contribution in [1.82, 2.24) is 4.90 Å². The predicted octanol–water partition coefficient (Wildman–Crippen LogP) is 3.01. The molecule has 0 aliphatic rings. The van der Waals surface area contributed by atoms with Crippen molar-refractivity contribution in [2.24, 2.45) is 5.73 Å². The Morgan fingerprint density at radius 1 is 1.73 bits per heavy atom. The first-order valence-electron chi connectivity index (χ1n) is 4.70. The topological polar surface area (TPSA) is 29.3 Å². The zero-order valence-corrected chi connectivity index (χ0v) is 12.1. The normalized spacial score (nSPS) is 13.1. The van der Waals surface area contributed by atoms with E-state index in [-0.39, 0.29) is 0 Å². The molecule has 1 aromatic rings. The van der Waals surface area contributed by atoms with E-state index < -0.39 is 0 Å². The Morgan fingerprint density at radius 3 is 2.87 bits per heavy atom. The van der Waals surface area contributed by atoms with Gasteiger partial charge in [-0.15, -0.1) is 11.3 Å². The average molecular weight is 307 g/mol. The van der Waals surface area contributed by atoms with E-state index in [4.69, 9.17) is 18.0 Å². The highest BCUT2D eigenvalue weighted by Gasteiger charge is 2.11. The van der Waals surface area contributed by atoms with Crippen LogP contribution in [0.1, 0.15) is 18.2 Å². The molecule has 1 unspecified atom stereocenters. The number of thiophene rings is 1. The van der Waals surface area contributed by atoms with Crippen LogP contribution in [0.25, 0.3) is 0 Å². The van der Waals surface area contributed by atoms with Crippen molar-refractivity contribution in [3.05, 3.63) is 20.8 Å². The Kier molecular flexibility index (Phi) is 5.18. The van der Waals surface area contributed by atoms with Crippen LogP contribution in [-0.2, 0) is 6.54 Å². The highest BCUT2D eigenvalue weighted by atomic mass is 79.9. The molecule has 5 heteroatoms. The fourth-order valence-corrected chi connectivity index (χ4v) is 3.04. The highest BCUT2D eigenvalue weighted by Crippen LogP contribution is 2.21. The van der Waals surface area contributed by atoms with Crippen LogP contribution in [0.4, 0.5) is 0 Å². The molecule has 0 aliphatic carbocycles. The number of rotatable bonds is 5. The first-order chi connectivity index (χ1) is 6.99. The van der Waals surface area contributed by atoms with E-state index in [0.717, 1.165) is 17.4 Å². The molecule has 1 rings (SSSR count). The maximum Gasteiger partial charge on any atom is 0.0742 e. The molecule has 0 saturated heterocycles. The maximum atomic E-state index is 5.53. The average Bonchev–Trinajstić information content (AvgIpc) is 2.50. The third-order valence-electron chi connectivity index (χ3n) is 2.28. The molecular formula is C10H15BrN2S2. The molecule has 0 radical (unpaired) electrons. The van der Waals surface area contributed by atoms with Crippen molar-refractivity contribution < 1.29 is 0 Å². The van der Waals surface area contributed by atoms with Crippen molar-refractivity contribution in [3.8, 4) is 0 Å². The summed E-state index contributed by atoms with van der Waals surface area (Å²) in [5, 5.41) is 2.10. The first kappa shape index (κ1) is 13.1. The van der Waals surface area contributed by atoms with Crippen LogP contribution in [0.3, 0.4) is 0 Å². The largest absolute Gasteiger partial charge is 0.393 e. The van der Waals surface area contributed by atoms with Gasteiger partial charge in [0.1, 0.15) is 0 Å². The zero-order valence-electron chi connectivity index (χ0n) is 8.87. The van der Waals surface area contributed by atoms with Crippen molar-refractivity contribution >= 4 is 44.5 Å². The lowest BCUT2D eigenvalue weighted by Gasteiger charge is -2.23. The number of halogens is 1. The third kappa shape index (κ3) is 4.59. The molecule has 0 aromatic carbocycles. The van der Waals surface area contributed by atoms with Crippen LogP contribution in [0.2, 0.25) is 0 Å². The summed E-state index contributed by atoms with van der Waals surface area (Å²) in [6, 6.07) is 2.54. The number of thiocarbonyl (C=S) groups is 1. The minimum atomic E-state index is 0.392. The number of hydrogen-bond donors (Lipinski definition) is 1. The summed E-state index contributed by atoms with van der Waals surface area (Å²) in [5.41, 5.74) is 5.53. The SMILES string of the molecule is CC(CC(N)=S)N(C)Cc1cc(Br)cs1. The summed E-state index contributed by atoms with van der Waals surface area (Å²) in [4.78, 5) is 4.19. The van der Waals surface area contributed by atoms with Crippen molar-refractivity contribution in [2.45, 2.75) is 25.9 Å². The van der Waals surface area contributed by atoms with Crippen molar-refractivity contribution in [2.75, 3.05) is 7.05 Å². The Morgan fingerprint density at radius 2 is 2.40 bits per heavy atom. The molecule has 0 amide bonds. The lowest BCUT2D eigenvalue weighted by molar-refractivity contribution is 0.257. The van der Waals surface area contributed by atoms with E-state index in [1.54, 1.807) is 11.3 Å². The van der Waals surface area contributed by atoms with Gasteiger partial charge >= 0.3 is 0 Å². The maximum absolute atomic E-state index is 5.53. The zero-order chi connectivity index (χ0) is 11.4. The first-order valence-corrected chi connectivity index (χ1v) is 6.78. The summed E-state index contributed by atoms with van der Waals surface area (Å²) in [7, 11) is 2.09. The van der Waals surface area contributed by atoms with Crippen LogP contribution in [-0.4, -0.2) is 23.0 Å². The van der Waals surface area contributed by atoms with Crippen LogP contribution in [0.15, 0.2) is 15.9 Å². The van der Waals surface area contributed by atoms with Gasteiger partial charge in [-0.3, -0.25) is 4.90 Å². The summed E-state index contributed by atoms with van der Waals surface area (Å²) in [6.45, 7) is 3.09. The quantitative estimate of drug-likeness (QED) is 0.848. The molecule has 2 N–H and O–H groups in total. The Balaban J connectivity index is 2.47. The van der Waals surface area contributed by atoms with Crippen LogP contribution in [0, 0.1) is 0 Å². The smallest absolute Gasteiger partial charge is 0.0742 e. The van der Waals surface area contributed by atoms with Gasteiger partial charge in [-0.2, -0.15) is 0 Å². The lowest BCUT2D eigenvalue weighted by atomic mass is 10.2. The second-order valence-corrected chi connectivity index (χ2v) is 6.10. The number of nitrogens with two attached hydrogens (primary N) is 1. The van der Waals surface area contributed by atoms with Crippen LogP contribution >= 0.6 is 39.5 Å². The molecule has 0 saturated carbocycles. The number of nitrogens with zero attached hydrogens (tertiary/aromatic N) is 1. The highest BCUT2D eigenvalue weighted by molar-refractivity contribution is 9.10. The molecule has 0 bridgehead atoms. The number of hydrogen-bond acceptors (Lipinski definition) is 3. The van der Waals surface area contributed by atoms with Gasteiger partial charge in [0, 0.05) is 33.7 Å². The molecule has 0 spiro atoms. The van der Waals surface area contributed by atoms with Gasteiger partial charge in [0.25, 0.3) is 0 Å². The molecule has 15 heavy (non-hydrogen) atoms. The molecule has 1 aromatic heterocycles. The Hall–Kier alpha value is 0.0300. The molecule has 1 atom stereocenters. The predicted molar refractivity (Wildman–Crippen MR) is 74.4 cm³/mol. The van der Waals surface area contributed by atoms with Crippen LogP contribution in [0.5, 0.6) is 0 Å². The van der Waals surface area contributed by atoms with E-state index in [9.17, 15) is 0 Å². The fraction of sp³-hybridized carbons (Fsp3) is 0.500. The molecule has 2 nitrogen and oxygen atoms in total. The Bertz CT molecular complexity index is 338. The van der Waals surface area contributed by atoms with E-state index in [1.165, 1.54) is 4.88 Å². The van der Waals surface area contributed by atoms with Gasteiger partial charge in [0.15, 0.2) is 0 Å². The molecule has 84 valence electrons. The standard InChI is InChI=1S/C10H15BrN2S2/c1-7(3-10(12)14)13(2)5-9-4-8(11)6-15-9/h4,6-7H,3,5H2,1-2H3,(H2,12,14). The van der Waals surface area contributed by atoms with E-state index in [0.29, 0.717) is 11.0 Å². The van der Waals surface area contributed by atoms with E-state index in [2.05, 4.69) is 46.2 Å². The summed E-state index contributed by atoms with van der Waals surface area (Å²) < 4.78 is 1.15. The van der Waals surface area contributed by atoms with Gasteiger partial charge in [0.05, 0.1) is 4.99 Å². The molecule has 0 aliphatic heterocycles. The summed E-state index contributed by atoms with van der Waals surface area (Å²) in [5.74, 6) is 0. The Labute approximate surface area is 109 Å². The van der Waals surface area contributed by atoms with E-state index >= 15 is 0 Å². The summed E-state index contributed by atoms with van der Waals surface area (Å²) in [6.07, 6.45) is 0.776. The van der Waals surface area contributed by atoms with Gasteiger partial charge in [-0.1, -0.05) is 12.2 Å². The summed E-state index contributed by atoms with van der Waals surface area (Å²) >= 11 is 10.1. The second-order valence-electron chi connectivity index (χ2n) is 3.67. The monoisotopic (exact) mass is 306 g/mol. The van der Waals surface area contributed by atoms with Gasteiger partial charge in [-0.25, -0.2) is 0 Å². The van der Waals surface area contributed by atoms with E-state index in [1.807, 2.05) is 0 Å². The molecular weight excluding hydrogens is 292 g/mol. The van der Waals surface area contributed by atoms with Gasteiger partial charge < -0.3 is 5.73 Å². The second kappa shape index (κ2) is 5.94. The van der Waals surface area contributed by atoms with Crippen molar-refractivity contribution in [3.63, 3.8) is 0 Å².